The molecule has 4 N–H and O–H groups in total. The zero-order valence-electron chi connectivity index (χ0n) is 24.4. The first-order valence-electron chi connectivity index (χ1n) is 13.9. The lowest BCUT2D eigenvalue weighted by Gasteiger charge is -2.33. The third kappa shape index (κ3) is 6.93. The number of nitrogens with zero attached hydrogens (tertiary/aromatic N) is 1. The highest BCUT2D eigenvalue weighted by atomic mass is 16.5. The van der Waals surface area contributed by atoms with Gasteiger partial charge in [-0.15, -0.1) is 0 Å². The lowest BCUT2D eigenvalue weighted by Crippen LogP contribution is -2.61. The summed E-state index contributed by atoms with van der Waals surface area (Å²) >= 11 is 0. The van der Waals surface area contributed by atoms with E-state index in [1.165, 1.54) is 11.1 Å². The molecular formula is C29H43N5O6. The predicted octanol–water partition coefficient (Wildman–Crippen LogP) is 1.42. The first-order valence-corrected chi connectivity index (χ1v) is 13.9. The fourth-order valence-corrected chi connectivity index (χ4v) is 4.88. The number of nitrogens with one attached hydrogen (secondary N) is 4. The molecule has 3 rings (SSSR count). The smallest absolute Gasteiger partial charge is 0.247 e. The van der Waals surface area contributed by atoms with Crippen molar-refractivity contribution in [1.29, 1.82) is 0 Å². The summed E-state index contributed by atoms with van der Waals surface area (Å²) in [6, 6.07) is 2.08. The molecule has 11 nitrogen and oxygen atoms in total. The summed E-state index contributed by atoms with van der Waals surface area (Å²) < 4.78 is 11.8. The van der Waals surface area contributed by atoms with Crippen molar-refractivity contribution in [3.8, 4) is 11.5 Å². The maximum atomic E-state index is 13.9. The number of fused-ring (bicyclic) bond motifs is 3. The van der Waals surface area contributed by atoms with E-state index in [-0.39, 0.29) is 36.1 Å². The first-order chi connectivity index (χ1) is 19.0. The number of hydrogen-bond acceptors (Lipinski definition) is 7. The van der Waals surface area contributed by atoms with E-state index in [2.05, 4.69) is 21.3 Å². The number of carbonyl (C=O) groups is 4. The normalized spacial score (nSPS) is 24.1. The lowest BCUT2D eigenvalue weighted by atomic mass is 9.97. The molecular weight excluding hydrogens is 514 g/mol. The average Bonchev–Trinajstić information content (AvgIpc) is 3.36. The van der Waals surface area contributed by atoms with Crippen molar-refractivity contribution in [1.82, 2.24) is 26.2 Å². The fraction of sp³-hybridized carbons (Fsp3) is 0.586. The van der Waals surface area contributed by atoms with Gasteiger partial charge in [-0.05, 0) is 50.1 Å². The maximum absolute atomic E-state index is 13.9. The molecule has 2 aliphatic heterocycles. The van der Waals surface area contributed by atoms with Gasteiger partial charge in [-0.1, -0.05) is 34.1 Å². The number of likely N-dealkylation sites (N-methyl/N-ethyl adjacent to an activating group) is 1. The summed E-state index contributed by atoms with van der Waals surface area (Å²) in [6.07, 6.45) is 3.60. The first kappa shape index (κ1) is 30.9. The van der Waals surface area contributed by atoms with E-state index in [1.807, 2.05) is 27.7 Å². The van der Waals surface area contributed by atoms with Gasteiger partial charge in [0.25, 0.3) is 0 Å². The van der Waals surface area contributed by atoms with Crippen LogP contribution in [0.25, 0.3) is 6.08 Å². The van der Waals surface area contributed by atoms with Crippen molar-refractivity contribution in [2.24, 2.45) is 11.8 Å². The van der Waals surface area contributed by atoms with Crippen LogP contribution in [-0.4, -0.2) is 79.5 Å². The third-order valence-electron chi connectivity index (χ3n) is 7.72. The molecule has 0 saturated carbocycles. The van der Waals surface area contributed by atoms with Gasteiger partial charge >= 0.3 is 0 Å². The SMILES string of the molecule is CC[C@@H](C)[C@H]1NC(=O)[C@H]2[C@H](CCN2C(=O)[C@H](NC(=O)[C@@H](C)NC)C(C)C)Oc2ccc(OC)c(c2)/C=C/NC1=O. The molecule has 0 aromatic heterocycles. The second-order valence-corrected chi connectivity index (χ2v) is 10.8. The molecule has 2 heterocycles. The van der Waals surface area contributed by atoms with Crippen molar-refractivity contribution >= 4 is 29.7 Å². The fourth-order valence-electron chi connectivity index (χ4n) is 4.88. The van der Waals surface area contributed by atoms with Crippen LogP contribution in [0.1, 0.15) is 53.0 Å². The number of rotatable bonds is 8. The second kappa shape index (κ2) is 13.6. The Bertz CT molecular complexity index is 1120. The highest BCUT2D eigenvalue weighted by Crippen LogP contribution is 2.30. The monoisotopic (exact) mass is 557 g/mol. The molecule has 6 atom stereocenters. The minimum atomic E-state index is -1.01. The summed E-state index contributed by atoms with van der Waals surface area (Å²) in [6.45, 7) is 9.48. The molecule has 0 spiro atoms. The van der Waals surface area contributed by atoms with E-state index < -0.39 is 36.2 Å². The second-order valence-electron chi connectivity index (χ2n) is 10.8. The van der Waals surface area contributed by atoms with Crippen LogP contribution in [0.5, 0.6) is 11.5 Å². The van der Waals surface area contributed by atoms with Gasteiger partial charge in [0.1, 0.15) is 35.7 Å². The maximum Gasteiger partial charge on any atom is 0.247 e. The summed E-state index contributed by atoms with van der Waals surface area (Å²) in [5.41, 5.74) is 0.683. The Hall–Kier alpha value is -3.60. The van der Waals surface area contributed by atoms with E-state index in [0.29, 0.717) is 29.9 Å². The molecule has 2 bridgehead atoms. The highest BCUT2D eigenvalue weighted by molar-refractivity contribution is 5.96. The Kier molecular flexibility index (Phi) is 10.6. The number of benzene rings is 1. The predicted molar refractivity (Wildman–Crippen MR) is 151 cm³/mol. The Morgan fingerprint density at radius 1 is 1.18 bits per heavy atom. The van der Waals surface area contributed by atoms with Crippen LogP contribution >= 0.6 is 0 Å². The van der Waals surface area contributed by atoms with E-state index >= 15 is 0 Å². The molecule has 220 valence electrons. The summed E-state index contributed by atoms with van der Waals surface area (Å²) in [7, 11) is 3.22. The van der Waals surface area contributed by atoms with Gasteiger partial charge in [0, 0.05) is 24.7 Å². The van der Waals surface area contributed by atoms with Gasteiger partial charge in [0.2, 0.25) is 23.6 Å². The highest BCUT2D eigenvalue weighted by Gasteiger charge is 2.47. The molecule has 1 fully saturated rings. The zero-order chi connectivity index (χ0) is 29.6. The van der Waals surface area contributed by atoms with E-state index in [1.54, 1.807) is 45.4 Å². The summed E-state index contributed by atoms with van der Waals surface area (Å²) in [5.74, 6) is -0.845. The average molecular weight is 558 g/mol. The Morgan fingerprint density at radius 3 is 2.52 bits per heavy atom. The molecule has 4 amide bonds. The molecule has 40 heavy (non-hydrogen) atoms. The van der Waals surface area contributed by atoms with Crippen molar-refractivity contribution < 1.29 is 28.7 Å². The van der Waals surface area contributed by atoms with Gasteiger partial charge in [-0.3, -0.25) is 19.2 Å². The number of carbonyl (C=O) groups excluding carboxylic acids is 4. The van der Waals surface area contributed by atoms with E-state index in [0.717, 1.165) is 0 Å². The molecule has 2 aliphatic rings. The number of amides is 4. The van der Waals surface area contributed by atoms with Crippen LogP contribution in [-0.2, 0) is 19.2 Å². The van der Waals surface area contributed by atoms with Crippen LogP contribution in [0.15, 0.2) is 24.4 Å². The molecule has 1 aromatic carbocycles. The third-order valence-corrected chi connectivity index (χ3v) is 7.72. The lowest BCUT2D eigenvalue weighted by molar-refractivity contribution is -0.144. The van der Waals surface area contributed by atoms with Gasteiger partial charge in [-0.25, -0.2) is 0 Å². The quantitative estimate of drug-likeness (QED) is 0.379. The van der Waals surface area contributed by atoms with E-state index in [9.17, 15) is 19.2 Å². The minimum Gasteiger partial charge on any atom is -0.496 e. The topological polar surface area (TPSA) is 138 Å². The van der Waals surface area contributed by atoms with Gasteiger partial charge in [0.05, 0.1) is 13.2 Å². The number of hydrogen-bond donors (Lipinski definition) is 4. The van der Waals surface area contributed by atoms with Gasteiger partial charge in [-0.2, -0.15) is 0 Å². The summed E-state index contributed by atoms with van der Waals surface area (Å²) in [4.78, 5) is 55.1. The molecule has 1 saturated heterocycles. The molecule has 0 aliphatic carbocycles. The number of ether oxygens (including phenoxy) is 2. The minimum absolute atomic E-state index is 0.172. The van der Waals surface area contributed by atoms with Crippen LogP contribution < -0.4 is 30.7 Å². The van der Waals surface area contributed by atoms with Crippen molar-refractivity contribution in [3.05, 3.63) is 30.0 Å². The van der Waals surface area contributed by atoms with Gasteiger partial charge in [0.15, 0.2) is 0 Å². The Morgan fingerprint density at radius 2 is 1.90 bits per heavy atom. The van der Waals surface area contributed by atoms with Crippen LogP contribution in [0.4, 0.5) is 0 Å². The van der Waals surface area contributed by atoms with Crippen LogP contribution in [0.3, 0.4) is 0 Å². The molecule has 0 unspecified atom stereocenters. The van der Waals surface area contributed by atoms with Crippen LogP contribution in [0.2, 0.25) is 0 Å². The van der Waals surface area contributed by atoms with Crippen molar-refractivity contribution in [3.63, 3.8) is 0 Å². The van der Waals surface area contributed by atoms with E-state index in [4.69, 9.17) is 9.47 Å². The van der Waals surface area contributed by atoms with Crippen LogP contribution in [0, 0.1) is 11.8 Å². The Labute approximate surface area is 236 Å². The Balaban J connectivity index is 2.02. The standard InChI is InChI=1S/C29H43N5O6/c1-8-17(4)24-27(36)31-13-11-19-15-20(9-10-21(19)39-7)40-22-12-14-34(25(22)28(37)33-24)29(38)23(16(2)3)32-26(35)18(5)30-6/h9-11,13,15-18,22-25,30H,8,12,14H2,1-7H3,(H,31,36)(H,32,35)(H,33,37)/b13-11+/t17-,18-,22+,23-,24-,25-/m1/s1. The largest absolute Gasteiger partial charge is 0.496 e. The number of methoxy groups -OCH3 is 1. The van der Waals surface area contributed by atoms with Gasteiger partial charge < -0.3 is 35.6 Å². The van der Waals surface area contributed by atoms with Crippen molar-refractivity contribution in [2.75, 3.05) is 20.7 Å². The molecule has 1 aromatic rings. The molecule has 0 radical (unpaired) electrons. The number of likely N-dealkylation sites (tertiary alicyclic amines) is 1. The summed E-state index contributed by atoms with van der Waals surface area (Å²) in [5, 5.41) is 11.4. The van der Waals surface area contributed by atoms with Crippen molar-refractivity contribution in [2.45, 2.75) is 77.7 Å². The zero-order valence-corrected chi connectivity index (χ0v) is 24.4. The molecule has 11 heteroatoms.